The molecule has 4 aromatic carbocycles. The van der Waals surface area contributed by atoms with Crippen LogP contribution in [0.25, 0.3) is 33.5 Å². The first-order valence-corrected chi connectivity index (χ1v) is 11.3. The summed E-state index contributed by atoms with van der Waals surface area (Å²) in [6, 6.07) is 29.9. The van der Waals surface area contributed by atoms with Crippen LogP contribution in [0.5, 0.6) is 0 Å². The van der Waals surface area contributed by atoms with Crippen molar-refractivity contribution in [3.05, 3.63) is 107 Å². The fourth-order valence-corrected chi connectivity index (χ4v) is 4.69. The van der Waals surface area contributed by atoms with Gasteiger partial charge in [-0.15, -0.1) is 0 Å². The monoisotopic (exact) mass is 449 g/mol. The van der Waals surface area contributed by atoms with E-state index in [1.54, 1.807) is 0 Å². The van der Waals surface area contributed by atoms with E-state index in [9.17, 15) is 4.79 Å². The lowest BCUT2D eigenvalue weighted by Gasteiger charge is -2.29. The van der Waals surface area contributed by atoms with Gasteiger partial charge in [-0.25, -0.2) is 4.98 Å². The molecule has 160 valence electrons. The van der Waals surface area contributed by atoms with Gasteiger partial charge in [-0.2, -0.15) is 0 Å². The Labute approximate surface area is 196 Å². The van der Waals surface area contributed by atoms with Gasteiger partial charge in [0, 0.05) is 23.4 Å². The lowest BCUT2D eigenvalue weighted by molar-refractivity contribution is 0.0980. The van der Waals surface area contributed by atoms with Crippen molar-refractivity contribution in [2.24, 2.45) is 0 Å². The minimum absolute atomic E-state index is 0.00809. The van der Waals surface area contributed by atoms with Crippen LogP contribution in [0.15, 0.2) is 91.0 Å². The van der Waals surface area contributed by atoms with Gasteiger partial charge in [0.05, 0.1) is 16.1 Å². The summed E-state index contributed by atoms with van der Waals surface area (Å²) in [5.74, 6) is 0.703. The molecule has 4 nitrogen and oxygen atoms in total. The van der Waals surface area contributed by atoms with E-state index in [1.165, 1.54) is 0 Å². The fourth-order valence-electron chi connectivity index (χ4n) is 4.49. The van der Waals surface area contributed by atoms with Crippen molar-refractivity contribution >= 4 is 34.2 Å². The van der Waals surface area contributed by atoms with Crippen molar-refractivity contribution in [1.82, 2.24) is 9.97 Å². The first kappa shape index (κ1) is 19.8. The molecule has 33 heavy (non-hydrogen) atoms. The smallest absolute Gasteiger partial charge is 0.258 e. The van der Waals surface area contributed by atoms with Crippen molar-refractivity contribution in [2.45, 2.75) is 6.42 Å². The van der Waals surface area contributed by atoms with Gasteiger partial charge in [0.15, 0.2) is 0 Å². The van der Waals surface area contributed by atoms with Crippen LogP contribution in [0.4, 0.5) is 5.69 Å². The number of para-hydroxylation sites is 2. The molecule has 0 atom stereocenters. The van der Waals surface area contributed by atoms with E-state index in [2.05, 4.69) is 28.2 Å². The van der Waals surface area contributed by atoms with Crippen molar-refractivity contribution < 1.29 is 4.79 Å². The average molecular weight is 450 g/mol. The van der Waals surface area contributed by atoms with Gasteiger partial charge in [-0.1, -0.05) is 66.2 Å². The number of halogens is 1. The highest BCUT2D eigenvalue weighted by Gasteiger charge is 2.26. The maximum Gasteiger partial charge on any atom is 0.258 e. The number of rotatable bonds is 3. The molecule has 0 spiro atoms. The maximum absolute atomic E-state index is 13.4. The number of fused-ring (bicyclic) bond motifs is 2. The number of H-pyrrole nitrogens is 1. The van der Waals surface area contributed by atoms with Gasteiger partial charge in [0.2, 0.25) is 0 Å². The van der Waals surface area contributed by atoms with E-state index in [1.807, 2.05) is 77.7 Å². The van der Waals surface area contributed by atoms with Gasteiger partial charge < -0.3 is 9.88 Å². The SMILES string of the molecule is O=C1c2ccc(-c3ccccc3)cc2CCN1c1ccc(Cl)c(-c2nc3ccccc3[nH]2)c1. The van der Waals surface area contributed by atoms with E-state index in [-0.39, 0.29) is 5.91 Å². The second-order valence-corrected chi connectivity index (χ2v) is 8.62. The van der Waals surface area contributed by atoms with Crippen molar-refractivity contribution in [3.63, 3.8) is 0 Å². The fraction of sp³-hybridized carbons (Fsp3) is 0.0714. The van der Waals surface area contributed by atoms with Crippen LogP contribution in [0, 0.1) is 0 Å². The molecule has 0 aliphatic carbocycles. The van der Waals surface area contributed by atoms with E-state index < -0.39 is 0 Å². The predicted octanol–water partition coefficient (Wildman–Crippen LogP) is 6.75. The van der Waals surface area contributed by atoms with Crippen LogP contribution in [-0.2, 0) is 6.42 Å². The van der Waals surface area contributed by atoms with E-state index in [0.717, 1.165) is 51.0 Å². The molecule has 1 aliphatic rings. The van der Waals surface area contributed by atoms with E-state index in [4.69, 9.17) is 11.6 Å². The Morgan fingerprint density at radius 3 is 2.48 bits per heavy atom. The molecule has 6 rings (SSSR count). The third kappa shape index (κ3) is 3.49. The molecule has 0 saturated heterocycles. The average Bonchev–Trinajstić information content (AvgIpc) is 3.29. The Morgan fingerprint density at radius 2 is 1.64 bits per heavy atom. The highest BCUT2D eigenvalue weighted by Crippen LogP contribution is 2.34. The lowest BCUT2D eigenvalue weighted by Crippen LogP contribution is -2.37. The number of nitrogens with zero attached hydrogens (tertiary/aromatic N) is 2. The van der Waals surface area contributed by atoms with Gasteiger partial charge in [0.1, 0.15) is 5.82 Å². The Hall–Kier alpha value is -3.89. The summed E-state index contributed by atoms with van der Waals surface area (Å²) < 4.78 is 0. The molecule has 0 unspecified atom stereocenters. The minimum atomic E-state index is 0.00809. The summed E-state index contributed by atoms with van der Waals surface area (Å²) in [5.41, 5.74) is 7.56. The highest BCUT2D eigenvalue weighted by molar-refractivity contribution is 6.33. The second kappa shape index (κ2) is 7.91. The van der Waals surface area contributed by atoms with Gasteiger partial charge in [-0.3, -0.25) is 4.79 Å². The molecule has 5 aromatic rings. The number of hydrogen-bond donors (Lipinski definition) is 1. The van der Waals surface area contributed by atoms with Crippen LogP contribution in [0.2, 0.25) is 5.02 Å². The van der Waals surface area contributed by atoms with Crippen molar-refractivity contribution in [1.29, 1.82) is 0 Å². The molecule has 0 fully saturated rings. The van der Waals surface area contributed by atoms with E-state index >= 15 is 0 Å². The first-order valence-electron chi connectivity index (χ1n) is 10.9. The molecule has 1 aromatic heterocycles. The number of carbonyl (C=O) groups excluding carboxylic acids is 1. The number of aromatic amines is 1. The number of imidazole rings is 1. The maximum atomic E-state index is 13.4. The molecule has 0 bridgehead atoms. The number of nitrogens with one attached hydrogen (secondary N) is 1. The molecule has 0 radical (unpaired) electrons. The number of anilines is 1. The zero-order valence-corrected chi connectivity index (χ0v) is 18.5. The standard InChI is InChI=1S/C28H20ClN3O/c29-24-13-11-21(17-23(24)27-30-25-8-4-5-9-26(25)31-27)32-15-14-20-16-19(10-12-22(20)28(32)33)18-6-2-1-3-7-18/h1-13,16-17H,14-15H2,(H,30,31). The predicted molar refractivity (Wildman–Crippen MR) is 134 cm³/mol. The highest BCUT2D eigenvalue weighted by atomic mass is 35.5. The Kier molecular flexibility index (Phi) is 4.74. The molecule has 1 N–H and O–H groups in total. The number of benzene rings is 4. The molecule has 1 amide bonds. The topological polar surface area (TPSA) is 49.0 Å². The summed E-state index contributed by atoms with van der Waals surface area (Å²) >= 11 is 6.53. The number of carbonyl (C=O) groups is 1. The lowest BCUT2D eigenvalue weighted by atomic mass is 9.93. The Balaban J connectivity index is 1.35. The Morgan fingerprint density at radius 1 is 0.818 bits per heavy atom. The molecular weight excluding hydrogens is 430 g/mol. The van der Waals surface area contributed by atoms with Crippen LogP contribution in [0.1, 0.15) is 15.9 Å². The second-order valence-electron chi connectivity index (χ2n) is 8.21. The summed E-state index contributed by atoms with van der Waals surface area (Å²) in [5, 5.41) is 0.593. The van der Waals surface area contributed by atoms with Crippen LogP contribution in [0.3, 0.4) is 0 Å². The molecule has 5 heteroatoms. The van der Waals surface area contributed by atoms with Crippen molar-refractivity contribution in [3.8, 4) is 22.5 Å². The van der Waals surface area contributed by atoms with Gasteiger partial charge in [0.25, 0.3) is 5.91 Å². The first-order chi connectivity index (χ1) is 16.2. The third-order valence-electron chi connectivity index (χ3n) is 6.20. The zero-order chi connectivity index (χ0) is 22.4. The summed E-state index contributed by atoms with van der Waals surface area (Å²) in [6.07, 6.45) is 0.796. The molecule has 1 aliphatic heterocycles. The molecule has 2 heterocycles. The number of amides is 1. The number of hydrogen-bond acceptors (Lipinski definition) is 2. The van der Waals surface area contributed by atoms with Crippen LogP contribution < -0.4 is 4.90 Å². The normalized spacial score (nSPS) is 13.4. The van der Waals surface area contributed by atoms with Crippen LogP contribution >= 0.6 is 11.6 Å². The summed E-state index contributed by atoms with van der Waals surface area (Å²) in [6.45, 7) is 0.616. The zero-order valence-electron chi connectivity index (χ0n) is 17.8. The third-order valence-corrected chi connectivity index (χ3v) is 6.53. The quantitative estimate of drug-likeness (QED) is 0.331. The van der Waals surface area contributed by atoms with Crippen LogP contribution in [-0.4, -0.2) is 22.4 Å². The summed E-state index contributed by atoms with van der Waals surface area (Å²) in [7, 11) is 0. The molecule has 0 saturated carbocycles. The minimum Gasteiger partial charge on any atom is -0.338 e. The number of aromatic nitrogens is 2. The van der Waals surface area contributed by atoms with Crippen molar-refractivity contribution in [2.75, 3.05) is 11.4 Å². The Bertz CT molecular complexity index is 1470. The van der Waals surface area contributed by atoms with Gasteiger partial charge in [-0.05, 0) is 59.5 Å². The summed E-state index contributed by atoms with van der Waals surface area (Å²) in [4.78, 5) is 23.2. The van der Waals surface area contributed by atoms with Gasteiger partial charge >= 0.3 is 0 Å². The largest absolute Gasteiger partial charge is 0.338 e. The molecular formula is C28H20ClN3O. The van der Waals surface area contributed by atoms with E-state index in [0.29, 0.717) is 17.4 Å².